The zero-order valence-corrected chi connectivity index (χ0v) is 14.2. The highest BCUT2D eigenvalue weighted by atomic mass is 16.6. The fourth-order valence-electron chi connectivity index (χ4n) is 4.63. The Balaban J connectivity index is 1.28. The van der Waals surface area contributed by atoms with Gasteiger partial charge in [0.1, 0.15) is 5.72 Å². The maximum atomic E-state index is 6.69. The molecule has 3 nitrogen and oxygen atoms in total. The second kappa shape index (κ2) is 6.54. The van der Waals surface area contributed by atoms with Gasteiger partial charge in [0.05, 0.1) is 5.60 Å². The van der Waals surface area contributed by atoms with Crippen molar-refractivity contribution in [2.45, 2.75) is 62.7 Å². The molecule has 3 aliphatic rings. The number of nitrogens with zero attached hydrogens (tertiary/aromatic N) is 1. The van der Waals surface area contributed by atoms with E-state index in [1.54, 1.807) is 0 Å². The molecule has 0 amide bonds. The van der Waals surface area contributed by atoms with E-state index in [4.69, 9.17) is 4.74 Å². The van der Waals surface area contributed by atoms with E-state index >= 15 is 0 Å². The molecule has 1 aromatic rings. The number of ether oxygens (including phenoxy) is 1. The highest BCUT2D eigenvalue weighted by molar-refractivity contribution is 5.15. The minimum Gasteiger partial charge on any atom is -0.353 e. The molecule has 3 fully saturated rings. The lowest BCUT2D eigenvalue weighted by atomic mass is 9.85. The van der Waals surface area contributed by atoms with Crippen molar-refractivity contribution < 1.29 is 4.74 Å². The molecule has 23 heavy (non-hydrogen) atoms. The Morgan fingerprint density at radius 2 is 1.70 bits per heavy atom. The predicted octanol–water partition coefficient (Wildman–Crippen LogP) is 3.34. The molecule has 3 heteroatoms. The lowest BCUT2D eigenvalue weighted by Gasteiger charge is -2.41. The number of nitrogens with one attached hydrogen (secondary N) is 1. The van der Waals surface area contributed by atoms with Crippen LogP contribution >= 0.6 is 0 Å². The molecule has 2 spiro atoms. The number of piperidine rings is 1. The van der Waals surface area contributed by atoms with Crippen LogP contribution < -0.4 is 5.32 Å². The van der Waals surface area contributed by atoms with Crippen molar-refractivity contribution in [2.24, 2.45) is 0 Å². The molecule has 2 saturated heterocycles. The van der Waals surface area contributed by atoms with E-state index in [-0.39, 0.29) is 11.3 Å². The van der Waals surface area contributed by atoms with E-state index in [0.717, 1.165) is 38.9 Å². The molecule has 1 saturated carbocycles. The summed E-state index contributed by atoms with van der Waals surface area (Å²) < 4.78 is 6.69. The maximum absolute atomic E-state index is 6.69. The van der Waals surface area contributed by atoms with Crippen molar-refractivity contribution >= 4 is 0 Å². The normalized spacial score (nSPS) is 26.8. The van der Waals surface area contributed by atoms with Crippen LogP contribution in [0.1, 0.15) is 50.5 Å². The van der Waals surface area contributed by atoms with Crippen LogP contribution in [0.4, 0.5) is 0 Å². The lowest BCUT2D eigenvalue weighted by Crippen LogP contribution is -2.51. The summed E-state index contributed by atoms with van der Waals surface area (Å²) in [4.78, 5) is 2.61. The Bertz CT molecular complexity index is 502. The van der Waals surface area contributed by atoms with Crippen molar-refractivity contribution in [3.8, 4) is 0 Å². The van der Waals surface area contributed by atoms with Gasteiger partial charge in [-0.15, -0.1) is 0 Å². The fraction of sp³-hybridized carbons (Fsp3) is 0.700. The summed E-state index contributed by atoms with van der Waals surface area (Å²) in [6, 6.07) is 10.8. The maximum Gasteiger partial charge on any atom is 0.122 e. The van der Waals surface area contributed by atoms with Crippen molar-refractivity contribution in [3.63, 3.8) is 0 Å². The van der Waals surface area contributed by atoms with Gasteiger partial charge in [0.2, 0.25) is 0 Å². The monoisotopic (exact) mass is 314 g/mol. The van der Waals surface area contributed by atoms with Gasteiger partial charge >= 0.3 is 0 Å². The Hall–Kier alpha value is -0.900. The van der Waals surface area contributed by atoms with E-state index in [2.05, 4.69) is 40.5 Å². The van der Waals surface area contributed by atoms with Crippen molar-refractivity contribution in [1.29, 1.82) is 0 Å². The first-order chi connectivity index (χ1) is 11.3. The quantitative estimate of drug-likeness (QED) is 0.926. The first kappa shape index (κ1) is 15.6. The molecule has 0 atom stereocenters. The Morgan fingerprint density at radius 1 is 0.957 bits per heavy atom. The van der Waals surface area contributed by atoms with Crippen LogP contribution in [0.2, 0.25) is 0 Å². The van der Waals surface area contributed by atoms with Gasteiger partial charge in [-0.3, -0.25) is 5.32 Å². The molecule has 4 rings (SSSR count). The molecule has 1 N–H and O–H groups in total. The lowest BCUT2D eigenvalue weighted by molar-refractivity contribution is -0.143. The van der Waals surface area contributed by atoms with Gasteiger partial charge in [-0.25, -0.2) is 0 Å². The summed E-state index contributed by atoms with van der Waals surface area (Å²) in [7, 11) is 0. The molecule has 1 aromatic carbocycles. The minimum absolute atomic E-state index is 0.0133. The molecule has 0 aromatic heterocycles. The third-order valence-electron chi connectivity index (χ3n) is 6.13. The Labute approximate surface area is 140 Å². The zero-order valence-electron chi connectivity index (χ0n) is 14.2. The van der Waals surface area contributed by atoms with E-state index in [0.29, 0.717) is 0 Å². The van der Waals surface area contributed by atoms with Gasteiger partial charge < -0.3 is 9.64 Å². The smallest absolute Gasteiger partial charge is 0.122 e. The second-order valence-electron chi connectivity index (χ2n) is 7.77. The zero-order chi connectivity index (χ0) is 15.6. The predicted molar refractivity (Wildman–Crippen MR) is 93.5 cm³/mol. The Kier molecular flexibility index (Phi) is 4.44. The largest absolute Gasteiger partial charge is 0.353 e. The molecule has 2 heterocycles. The molecular weight excluding hydrogens is 284 g/mol. The van der Waals surface area contributed by atoms with Crippen molar-refractivity contribution in [2.75, 3.05) is 26.2 Å². The van der Waals surface area contributed by atoms with Gasteiger partial charge in [-0.1, -0.05) is 49.6 Å². The topological polar surface area (TPSA) is 24.5 Å². The number of hydrogen-bond donors (Lipinski definition) is 1. The average molecular weight is 314 g/mol. The van der Waals surface area contributed by atoms with Crippen LogP contribution in [-0.4, -0.2) is 42.4 Å². The third-order valence-corrected chi connectivity index (χ3v) is 6.13. The number of benzene rings is 1. The summed E-state index contributed by atoms with van der Waals surface area (Å²) in [5, 5.41) is 3.78. The van der Waals surface area contributed by atoms with Crippen LogP contribution in [0.3, 0.4) is 0 Å². The SMILES string of the molecule is c1ccc(CCN2CCC3(CC2)NCC2(CCCCC2)O3)cc1. The summed E-state index contributed by atoms with van der Waals surface area (Å²) in [5.74, 6) is 0. The first-order valence-electron chi connectivity index (χ1n) is 9.49. The number of rotatable bonds is 3. The molecule has 0 unspecified atom stereocenters. The highest BCUT2D eigenvalue weighted by Crippen LogP contribution is 2.41. The average Bonchev–Trinajstić information content (AvgIpc) is 2.94. The number of hydrogen-bond acceptors (Lipinski definition) is 3. The van der Waals surface area contributed by atoms with E-state index in [9.17, 15) is 0 Å². The minimum atomic E-state index is -0.0133. The fourth-order valence-corrected chi connectivity index (χ4v) is 4.63. The summed E-state index contributed by atoms with van der Waals surface area (Å²) in [6.45, 7) is 4.58. The van der Waals surface area contributed by atoms with Gasteiger partial charge in [-0.2, -0.15) is 0 Å². The van der Waals surface area contributed by atoms with E-state index < -0.39 is 0 Å². The molecular formula is C20H30N2O. The standard InChI is InChI=1S/C20H30N2O/c1-3-7-18(8-4-1)9-14-22-15-12-20(13-16-22)21-17-19(23-20)10-5-2-6-11-19/h1,3-4,7-8,21H,2,5-6,9-17H2. The second-order valence-corrected chi connectivity index (χ2v) is 7.77. The molecule has 1 aliphatic carbocycles. The van der Waals surface area contributed by atoms with Gasteiger partial charge in [0, 0.05) is 39.0 Å². The summed E-state index contributed by atoms with van der Waals surface area (Å²) in [5.41, 5.74) is 1.61. The highest BCUT2D eigenvalue weighted by Gasteiger charge is 2.49. The molecule has 126 valence electrons. The van der Waals surface area contributed by atoms with Crippen LogP contribution in [0.15, 0.2) is 30.3 Å². The van der Waals surface area contributed by atoms with Crippen molar-refractivity contribution in [1.82, 2.24) is 10.2 Å². The number of likely N-dealkylation sites (tertiary alicyclic amines) is 1. The first-order valence-corrected chi connectivity index (χ1v) is 9.49. The van der Waals surface area contributed by atoms with E-state index in [1.807, 2.05) is 0 Å². The van der Waals surface area contributed by atoms with Crippen LogP contribution in [-0.2, 0) is 11.2 Å². The van der Waals surface area contributed by atoms with Crippen molar-refractivity contribution in [3.05, 3.63) is 35.9 Å². The van der Waals surface area contributed by atoms with E-state index in [1.165, 1.54) is 44.2 Å². The van der Waals surface area contributed by atoms with Gasteiger partial charge in [-0.05, 0) is 24.8 Å². The Morgan fingerprint density at radius 3 is 2.43 bits per heavy atom. The van der Waals surface area contributed by atoms with Gasteiger partial charge in [0.15, 0.2) is 0 Å². The van der Waals surface area contributed by atoms with Crippen LogP contribution in [0.5, 0.6) is 0 Å². The van der Waals surface area contributed by atoms with Crippen LogP contribution in [0, 0.1) is 0 Å². The third kappa shape index (κ3) is 3.47. The van der Waals surface area contributed by atoms with Gasteiger partial charge in [0.25, 0.3) is 0 Å². The summed E-state index contributed by atoms with van der Waals surface area (Å²) in [6.07, 6.45) is 10.1. The van der Waals surface area contributed by atoms with Crippen LogP contribution in [0.25, 0.3) is 0 Å². The molecule has 0 radical (unpaired) electrons. The molecule has 0 bridgehead atoms. The molecule has 2 aliphatic heterocycles. The summed E-state index contributed by atoms with van der Waals surface area (Å²) >= 11 is 0.